The van der Waals surface area contributed by atoms with Crippen LogP contribution in [0.5, 0.6) is 11.5 Å². The van der Waals surface area contributed by atoms with E-state index >= 15 is 0 Å². The van der Waals surface area contributed by atoms with Crippen molar-refractivity contribution in [2.45, 2.75) is 13.8 Å². The summed E-state index contributed by atoms with van der Waals surface area (Å²) in [5.74, 6) is 0.814. The zero-order valence-electron chi connectivity index (χ0n) is 15.7. The Hall–Kier alpha value is -3.20. The first-order chi connectivity index (χ1) is 13.3. The number of hydrogen-bond donors (Lipinski definition) is 2. The molecule has 0 aromatic heterocycles. The van der Waals surface area contributed by atoms with Gasteiger partial charge in [0.05, 0.1) is 24.7 Å². The van der Waals surface area contributed by atoms with Crippen molar-refractivity contribution in [3.63, 3.8) is 0 Å². The zero-order chi connectivity index (χ0) is 20.7. The number of carbonyl (C=O) groups is 1. The van der Waals surface area contributed by atoms with Crippen molar-refractivity contribution < 1.29 is 19.2 Å². The first kappa shape index (κ1) is 21.1. The smallest absolute Gasteiger partial charge is 0.296 e. The summed E-state index contributed by atoms with van der Waals surface area (Å²) < 4.78 is 10.6. The Morgan fingerprint density at radius 3 is 2.61 bits per heavy atom. The van der Waals surface area contributed by atoms with Crippen molar-refractivity contribution in [3.8, 4) is 11.5 Å². The van der Waals surface area contributed by atoms with Gasteiger partial charge in [-0.1, -0.05) is 19.9 Å². The van der Waals surface area contributed by atoms with E-state index < -0.39 is 10.8 Å². The largest absolute Gasteiger partial charge is 0.496 e. The van der Waals surface area contributed by atoms with E-state index in [0.717, 1.165) is 0 Å². The molecule has 2 N–H and O–H groups in total. The van der Waals surface area contributed by atoms with Gasteiger partial charge in [-0.2, -0.15) is 0 Å². The first-order valence-corrected chi connectivity index (χ1v) is 8.88. The van der Waals surface area contributed by atoms with Crippen LogP contribution in [0.2, 0.25) is 0 Å². The molecule has 2 aromatic rings. The summed E-state index contributed by atoms with van der Waals surface area (Å²) in [4.78, 5) is 23.1. The number of carbonyl (C=O) groups excluding carboxylic acids is 1. The normalized spacial score (nSPS) is 10.3. The van der Waals surface area contributed by atoms with Crippen LogP contribution in [0.15, 0.2) is 42.5 Å². The molecule has 1 amide bonds. The van der Waals surface area contributed by atoms with E-state index in [2.05, 4.69) is 10.6 Å². The maximum atomic E-state index is 12.4. The Balaban J connectivity index is 2.06. The van der Waals surface area contributed by atoms with Crippen LogP contribution in [0.25, 0.3) is 0 Å². The van der Waals surface area contributed by atoms with Crippen LogP contribution >= 0.6 is 12.2 Å². The molecule has 0 atom stereocenters. The summed E-state index contributed by atoms with van der Waals surface area (Å²) in [5.41, 5.74) is 0.278. The van der Waals surface area contributed by atoms with Crippen LogP contribution in [-0.4, -0.2) is 29.7 Å². The molecule has 0 unspecified atom stereocenters. The van der Waals surface area contributed by atoms with Gasteiger partial charge in [-0.3, -0.25) is 20.2 Å². The van der Waals surface area contributed by atoms with Gasteiger partial charge in [-0.05, 0) is 48.5 Å². The number of hydrogen-bond acceptors (Lipinski definition) is 6. The number of nitro benzene ring substituents is 1. The maximum absolute atomic E-state index is 12.4. The number of rotatable bonds is 7. The predicted octanol–water partition coefficient (Wildman–Crippen LogP) is 3.77. The monoisotopic (exact) mass is 403 g/mol. The number of nitrogens with zero attached hydrogens (tertiary/aromatic N) is 1. The number of ether oxygens (including phenoxy) is 2. The Kier molecular flexibility index (Phi) is 7.28. The van der Waals surface area contributed by atoms with E-state index in [4.69, 9.17) is 21.7 Å². The van der Waals surface area contributed by atoms with E-state index in [1.807, 2.05) is 13.8 Å². The van der Waals surface area contributed by atoms with Gasteiger partial charge in [0.25, 0.3) is 11.6 Å². The second-order valence-electron chi connectivity index (χ2n) is 6.28. The number of benzene rings is 2. The van der Waals surface area contributed by atoms with Gasteiger partial charge in [0, 0.05) is 5.56 Å². The molecular formula is C19H21N3O5S. The summed E-state index contributed by atoms with van der Waals surface area (Å²) in [6.45, 7) is 4.59. The molecule has 0 bridgehead atoms. The maximum Gasteiger partial charge on any atom is 0.296 e. The molecule has 0 heterocycles. The highest BCUT2D eigenvalue weighted by molar-refractivity contribution is 7.80. The molecule has 0 aliphatic heterocycles. The topological polar surface area (TPSA) is 103 Å². The average molecular weight is 403 g/mol. The lowest BCUT2D eigenvalue weighted by Gasteiger charge is -2.12. The van der Waals surface area contributed by atoms with Gasteiger partial charge in [0.15, 0.2) is 5.11 Å². The number of amides is 1. The van der Waals surface area contributed by atoms with Gasteiger partial charge in [-0.25, -0.2) is 0 Å². The third kappa shape index (κ3) is 5.92. The van der Waals surface area contributed by atoms with Crippen molar-refractivity contribution in [2.75, 3.05) is 19.0 Å². The van der Waals surface area contributed by atoms with Crippen molar-refractivity contribution >= 4 is 34.6 Å². The molecule has 2 rings (SSSR count). The minimum Gasteiger partial charge on any atom is -0.496 e. The fourth-order valence-electron chi connectivity index (χ4n) is 2.21. The molecule has 0 radical (unpaired) electrons. The van der Waals surface area contributed by atoms with Crippen molar-refractivity contribution in [1.82, 2.24) is 5.32 Å². The molecule has 0 fully saturated rings. The number of methoxy groups -OCH3 is 1. The molecule has 28 heavy (non-hydrogen) atoms. The molecule has 148 valence electrons. The predicted molar refractivity (Wildman–Crippen MR) is 110 cm³/mol. The number of nitro groups is 1. The molecule has 0 saturated carbocycles. The average Bonchev–Trinajstić information content (AvgIpc) is 2.66. The van der Waals surface area contributed by atoms with Crippen LogP contribution < -0.4 is 20.1 Å². The quantitative estimate of drug-likeness (QED) is 0.412. The van der Waals surface area contributed by atoms with Crippen molar-refractivity contribution in [3.05, 3.63) is 58.1 Å². The molecule has 0 saturated heterocycles. The van der Waals surface area contributed by atoms with Gasteiger partial charge in [-0.15, -0.1) is 0 Å². The van der Waals surface area contributed by atoms with Crippen LogP contribution in [0, 0.1) is 16.0 Å². The van der Waals surface area contributed by atoms with Crippen molar-refractivity contribution in [1.29, 1.82) is 0 Å². The summed E-state index contributed by atoms with van der Waals surface area (Å²) in [7, 11) is 1.41. The van der Waals surface area contributed by atoms with Crippen LogP contribution in [-0.2, 0) is 0 Å². The Morgan fingerprint density at radius 2 is 1.96 bits per heavy atom. The lowest BCUT2D eigenvalue weighted by molar-refractivity contribution is -0.384. The lowest BCUT2D eigenvalue weighted by Crippen LogP contribution is -2.34. The third-order valence-corrected chi connectivity index (χ3v) is 3.76. The molecule has 8 nitrogen and oxygen atoms in total. The highest BCUT2D eigenvalue weighted by Gasteiger charge is 2.17. The Labute approximate surface area is 168 Å². The summed E-state index contributed by atoms with van der Waals surface area (Å²) in [5, 5.41) is 16.3. The summed E-state index contributed by atoms with van der Waals surface area (Å²) in [6, 6.07) is 11.0. The Bertz CT molecular complexity index is 886. The minimum atomic E-state index is -0.565. The fraction of sp³-hybridized carbons (Fsp3) is 0.263. The molecule has 0 aliphatic carbocycles. The number of anilines is 1. The van der Waals surface area contributed by atoms with E-state index in [0.29, 0.717) is 29.6 Å². The standard InChI is InChI=1S/C19H21N3O5S/c1-12(2)11-27-15-6-4-5-13(9-15)18(23)21-19(28)20-16-8-7-14(26-3)10-17(16)22(24)25/h4-10,12H,11H2,1-3H3,(H2,20,21,23,28). The molecule has 2 aromatic carbocycles. The number of thiocarbonyl (C=S) groups is 1. The highest BCUT2D eigenvalue weighted by Crippen LogP contribution is 2.28. The molecule has 0 aliphatic rings. The van der Waals surface area contributed by atoms with Crippen LogP contribution in [0.1, 0.15) is 24.2 Å². The fourth-order valence-corrected chi connectivity index (χ4v) is 2.42. The molecule has 0 spiro atoms. The number of nitrogens with one attached hydrogen (secondary N) is 2. The van der Waals surface area contributed by atoms with Crippen molar-refractivity contribution in [2.24, 2.45) is 5.92 Å². The van der Waals surface area contributed by atoms with Gasteiger partial charge in [0.1, 0.15) is 17.2 Å². The van der Waals surface area contributed by atoms with Crippen LogP contribution in [0.4, 0.5) is 11.4 Å². The summed E-state index contributed by atoms with van der Waals surface area (Å²) >= 11 is 5.11. The summed E-state index contributed by atoms with van der Waals surface area (Å²) in [6.07, 6.45) is 0. The van der Waals surface area contributed by atoms with Gasteiger partial charge < -0.3 is 14.8 Å². The minimum absolute atomic E-state index is 0.0632. The van der Waals surface area contributed by atoms with Gasteiger partial charge >= 0.3 is 0 Å². The van der Waals surface area contributed by atoms with Gasteiger partial charge in [0.2, 0.25) is 0 Å². The Morgan fingerprint density at radius 1 is 1.21 bits per heavy atom. The second-order valence-corrected chi connectivity index (χ2v) is 6.69. The third-order valence-electron chi connectivity index (χ3n) is 3.56. The highest BCUT2D eigenvalue weighted by atomic mass is 32.1. The zero-order valence-corrected chi connectivity index (χ0v) is 16.5. The van der Waals surface area contributed by atoms with E-state index in [1.165, 1.54) is 19.2 Å². The molecule has 9 heteroatoms. The SMILES string of the molecule is COc1ccc(NC(=S)NC(=O)c2cccc(OCC(C)C)c2)c([N+](=O)[O-])c1. The van der Waals surface area contributed by atoms with E-state index in [1.54, 1.807) is 30.3 Å². The van der Waals surface area contributed by atoms with Crippen LogP contribution in [0.3, 0.4) is 0 Å². The second kappa shape index (κ2) is 9.65. The van der Waals surface area contributed by atoms with E-state index in [9.17, 15) is 14.9 Å². The lowest BCUT2D eigenvalue weighted by atomic mass is 10.2. The molecular weight excluding hydrogens is 382 g/mol. The first-order valence-electron chi connectivity index (χ1n) is 8.47. The van der Waals surface area contributed by atoms with E-state index in [-0.39, 0.29) is 16.5 Å².